The van der Waals surface area contributed by atoms with E-state index in [-0.39, 0.29) is 17.5 Å². The van der Waals surface area contributed by atoms with Gasteiger partial charge in [-0.1, -0.05) is 15.9 Å². The normalized spacial score (nSPS) is 27.6. The van der Waals surface area contributed by atoms with Gasteiger partial charge in [-0.2, -0.15) is 0 Å². The molecule has 4 nitrogen and oxygen atoms in total. The Hall–Kier alpha value is -0.590. The van der Waals surface area contributed by atoms with E-state index in [4.69, 9.17) is 10.5 Å². The first kappa shape index (κ1) is 13.4. The molecule has 1 unspecified atom stereocenters. The highest BCUT2D eigenvalue weighted by Gasteiger charge is 2.44. The SMILES string of the molecule is NC1CC2(CCS(=O)(=O)CC2)Oc2ccc(Br)cc21. The van der Waals surface area contributed by atoms with E-state index in [1.54, 1.807) is 0 Å². The monoisotopic (exact) mass is 345 g/mol. The summed E-state index contributed by atoms with van der Waals surface area (Å²) < 4.78 is 30.2. The van der Waals surface area contributed by atoms with Crippen molar-refractivity contribution in [2.24, 2.45) is 5.73 Å². The molecule has 2 N–H and O–H groups in total. The van der Waals surface area contributed by atoms with E-state index in [2.05, 4.69) is 15.9 Å². The van der Waals surface area contributed by atoms with E-state index in [0.29, 0.717) is 19.3 Å². The van der Waals surface area contributed by atoms with E-state index in [1.165, 1.54) is 0 Å². The van der Waals surface area contributed by atoms with Gasteiger partial charge in [0.15, 0.2) is 9.84 Å². The Balaban J connectivity index is 1.91. The van der Waals surface area contributed by atoms with Crippen LogP contribution in [0.2, 0.25) is 0 Å². The van der Waals surface area contributed by atoms with Crippen LogP contribution in [0.5, 0.6) is 5.75 Å². The van der Waals surface area contributed by atoms with Crippen LogP contribution in [0.3, 0.4) is 0 Å². The maximum absolute atomic E-state index is 11.6. The minimum atomic E-state index is -2.89. The predicted molar refractivity (Wildman–Crippen MR) is 76.9 cm³/mol. The van der Waals surface area contributed by atoms with Gasteiger partial charge >= 0.3 is 0 Å². The molecule has 3 rings (SSSR count). The summed E-state index contributed by atoms with van der Waals surface area (Å²) in [5.74, 6) is 1.19. The minimum Gasteiger partial charge on any atom is -0.487 e. The predicted octanol–water partition coefficient (Wildman–Crippen LogP) is 2.18. The van der Waals surface area contributed by atoms with Crippen LogP contribution in [0.25, 0.3) is 0 Å². The molecule has 2 aliphatic rings. The average molecular weight is 346 g/mol. The van der Waals surface area contributed by atoms with E-state index >= 15 is 0 Å². The van der Waals surface area contributed by atoms with Crippen molar-refractivity contribution >= 4 is 25.8 Å². The highest BCUT2D eigenvalue weighted by atomic mass is 79.9. The van der Waals surface area contributed by atoms with Gasteiger partial charge in [0.05, 0.1) is 11.5 Å². The number of fused-ring (bicyclic) bond motifs is 1. The van der Waals surface area contributed by atoms with Crippen molar-refractivity contribution in [3.8, 4) is 5.75 Å². The Morgan fingerprint density at radius 3 is 2.68 bits per heavy atom. The maximum atomic E-state index is 11.6. The summed E-state index contributed by atoms with van der Waals surface area (Å²) in [6, 6.07) is 5.71. The number of benzene rings is 1. The third-order valence-electron chi connectivity index (χ3n) is 4.03. The largest absolute Gasteiger partial charge is 0.487 e. The highest BCUT2D eigenvalue weighted by molar-refractivity contribution is 9.10. The summed E-state index contributed by atoms with van der Waals surface area (Å²) >= 11 is 3.43. The van der Waals surface area contributed by atoms with Crippen molar-refractivity contribution < 1.29 is 13.2 Å². The second-order valence-corrected chi connectivity index (χ2v) is 8.65. The highest BCUT2D eigenvalue weighted by Crippen LogP contribution is 2.44. The Labute approximate surface area is 121 Å². The quantitative estimate of drug-likeness (QED) is 0.782. The lowest BCUT2D eigenvalue weighted by molar-refractivity contribution is 0.0264. The van der Waals surface area contributed by atoms with Gasteiger partial charge < -0.3 is 10.5 Å². The second-order valence-electron chi connectivity index (χ2n) is 5.43. The van der Waals surface area contributed by atoms with Crippen molar-refractivity contribution in [2.75, 3.05) is 11.5 Å². The van der Waals surface area contributed by atoms with Crippen LogP contribution >= 0.6 is 15.9 Å². The first-order chi connectivity index (χ1) is 8.89. The smallest absolute Gasteiger partial charge is 0.150 e. The Bertz CT molecular complexity index is 600. The van der Waals surface area contributed by atoms with Crippen molar-refractivity contribution in [3.05, 3.63) is 28.2 Å². The van der Waals surface area contributed by atoms with Crippen LogP contribution in [-0.2, 0) is 9.84 Å². The molecule has 0 aromatic heterocycles. The standard InChI is InChI=1S/C13H16BrNO3S/c14-9-1-2-12-10(7-9)11(15)8-13(18-12)3-5-19(16,17)6-4-13/h1-2,7,11H,3-6,8,15H2. The van der Waals surface area contributed by atoms with Gasteiger partial charge in [-0.25, -0.2) is 8.42 Å². The van der Waals surface area contributed by atoms with Gasteiger partial charge in [-0.05, 0) is 18.2 Å². The Morgan fingerprint density at radius 1 is 1.32 bits per heavy atom. The molecule has 104 valence electrons. The summed E-state index contributed by atoms with van der Waals surface area (Å²) in [4.78, 5) is 0. The van der Waals surface area contributed by atoms with E-state index in [1.807, 2.05) is 18.2 Å². The number of ether oxygens (including phenoxy) is 1. The molecule has 1 spiro atoms. The molecule has 1 fully saturated rings. The molecule has 2 heterocycles. The molecule has 2 aliphatic heterocycles. The van der Waals surface area contributed by atoms with Crippen LogP contribution in [0.1, 0.15) is 30.9 Å². The first-order valence-electron chi connectivity index (χ1n) is 6.34. The molecule has 0 saturated carbocycles. The van der Waals surface area contributed by atoms with Crippen molar-refractivity contribution in [3.63, 3.8) is 0 Å². The average Bonchev–Trinajstić information content (AvgIpc) is 2.35. The summed E-state index contributed by atoms with van der Waals surface area (Å²) in [6.07, 6.45) is 1.77. The lowest BCUT2D eigenvalue weighted by Crippen LogP contribution is -2.48. The lowest BCUT2D eigenvalue weighted by Gasteiger charge is -2.43. The Kier molecular flexibility index (Phi) is 3.15. The van der Waals surface area contributed by atoms with Crippen LogP contribution in [0, 0.1) is 0 Å². The van der Waals surface area contributed by atoms with E-state index < -0.39 is 15.4 Å². The topological polar surface area (TPSA) is 69.4 Å². The molecule has 1 aromatic carbocycles. The molecule has 6 heteroatoms. The molecular formula is C13H16BrNO3S. The molecule has 0 aliphatic carbocycles. The number of nitrogens with two attached hydrogens (primary N) is 1. The number of sulfone groups is 1. The van der Waals surface area contributed by atoms with Crippen molar-refractivity contribution in [2.45, 2.75) is 30.9 Å². The lowest BCUT2D eigenvalue weighted by atomic mass is 9.83. The minimum absolute atomic E-state index is 0.0953. The zero-order valence-electron chi connectivity index (χ0n) is 10.4. The molecule has 19 heavy (non-hydrogen) atoms. The fourth-order valence-corrected chi connectivity index (χ4v) is 4.85. The van der Waals surface area contributed by atoms with Crippen LogP contribution in [0.15, 0.2) is 22.7 Å². The van der Waals surface area contributed by atoms with Gasteiger partial charge in [0.1, 0.15) is 11.4 Å². The molecule has 1 saturated heterocycles. The number of rotatable bonds is 0. The number of halogens is 1. The van der Waals surface area contributed by atoms with Crippen LogP contribution < -0.4 is 10.5 Å². The summed E-state index contributed by atoms with van der Waals surface area (Å²) in [7, 11) is -2.89. The van der Waals surface area contributed by atoms with Gasteiger partial charge in [0.25, 0.3) is 0 Å². The third kappa shape index (κ3) is 2.53. The van der Waals surface area contributed by atoms with Gasteiger partial charge in [-0.3, -0.25) is 0 Å². The third-order valence-corrected chi connectivity index (χ3v) is 6.17. The summed E-state index contributed by atoms with van der Waals surface area (Å²) in [5.41, 5.74) is 6.83. The zero-order valence-corrected chi connectivity index (χ0v) is 12.8. The van der Waals surface area contributed by atoms with E-state index in [0.717, 1.165) is 15.8 Å². The van der Waals surface area contributed by atoms with Crippen molar-refractivity contribution in [1.29, 1.82) is 0 Å². The van der Waals surface area contributed by atoms with Gasteiger partial charge in [0.2, 0.25) is 0 Å². The van der Waals surface area contributed by atoms with E-state index in [9.17, 15) is 8.42 Å². The van der Waals surface area contributed by atoms with Crippen molar-refractivity contribution in [1.82, 2.24) is 0 Å². The molecular weight excluding hydrogens is 330 g/mol. The van der Waals surface area contributed by atoms with Gasteiger partial charge in [-0.15, -0.1) is 0 Å². The molecule has 0 radical (unpaired) electrons. The summed E-state index contributed by atoms with van der Waals surface area (Å²) in [6.45, 7) is 0. The molecule has 1 aromatic rings. The number of hydrogen-bond donors (Lipinski definition) is 1. The molecule has 0 bridgehead atoms. The van der Waals surface area contributed by atoms with Crippen LogP contribution in [0.4, 0.5) is 0 Å². The molecule has 1 atom stereocenters. The number of hydrogen-bond acceptors (Lipinski definition) is 4. The summed E-state index contributed by atoms with van der Waals surface area (Å²) in [5, 5.41) is 0. The second kappa shape index (κ2) is 4.46. The fourth-order valence-electron chi connectivity index (χ4n) is 2.90. The van der Waals surface area contributed by atoms with Crippen LogP contribution in [-0.4, -0.2) is 25.5 Å². The fraction of sp³-hybridized carbons (Fsp3) is 0.538. The first-order valence-corrected chi connectivity index (χ1v) is 8.95. The molecule has 0 amide bonds. The Morgan fingerprint density at radius 2 is 2.00 bits per heavy atom. The van der Waals surface area contributed by atoms with Gasteiger partial charge in [0, 0.05) is 35.3 Å². The maximum Gasteiger partial charge on any atom is 0.150 e. The zero-order chi connectivity index (χ0) is 13.7.